The van der Waals surface area contributed by atoms with Crippen LogP contribution in [0.5, 0.6) is 0 Å². The van der Waals surface area contributed by atoms with Crippen LogP contribution in [0.25, 0.3) is 34.1 Å². The van der Waals surface area contributed by atoms with E-state index >= 15 is 0 Å². The Morgan fingerprint density at radius 3 is 2.23 bits per heavy atom. The van der Waals surface area contributed by atoms with Crippen molar-refractivity contribution in [2.45, 2.75) is 47.6 Å². The van der Waals surface area contributed by atoms with E-state index in [-0.39, 0.29) is 17.3 Å². The molecule has 0 aliphatic carbocycles. The summed E-state index contributed by atoms with van der Waals surface area (Å²) in [4.78, 5) is 14.3. The lowest BCUT2D eigenvalue weighted by atomic mass is 9.82. The van der Waals surface area contributed by atoms with E-state index in [0.29, 0.717) is 5.95 Å². The molecule has 5 heterocycles. The Balaban J connectivity index is 1.36. The normalized spacial score (nSPS) is 12.8. The highest BCUT2D eigenvalue weighted by Crippen LogP contribution is 2.37. The first-order chi connectivity index (χ1) is 19.1. The number of fused-ring (bicyclic) bond motifs is 1. The minimum Gasteiger partial charge on any atom is -0.286 e. The second kappa shape index (κ2) is 9.51. The summed E-state index contributed by atoms with van der Waals surface area (Å²) in [6.07, 6.45) is 9.20. The van der Waals surface area contributed by atoms with Crippen LogP contribution in [0.4, 0.5) is 4.39 Å². The average Bonchev–Trinajstić information content (AvgIpc) is 3.64. The number of pyridine rings is 1. The molecule has 0 spiro atoms. The van der Waals surface area contributed by atoms with Gasteiger partial charge < -0.3 is 0 Å². The van der Waals surface area contributed by atoms with Crippen LogP contribution in [0, 0.1) is 32.0 Å². The van der Waals surface area contributed by atoms with Crippen molar-refractivity contribution in [2.24, 2.45) is 5.41 Å². The third-order valence-electron chi connectivity index (χ3n) is 7.29. The van der Waals surface area contributed by atoms with Crippen molar-refractivity contribution in [3.63, 3.8) is 0 Å². The molecular weight excluding hydrogens is 503 g/mol. The fourth-order valence-electron chi connectivity index (χ4n) is 5.36. The van der Waals surface area contributed by atoms with Crippen LogP contribution in [0.3, 0.4) is 0 Å². The van der Waals surface area contributed by atoms with Crippen LogP contribution in [-0.2, 0) is 0 Å². The molecule has 6 aromatic rings. The molecule has 1 atom stereocenters. The lowest BCUT2D eigenvalue weighted by Crippen LogP contribution is -2.26. The first kappa shape index (κ1) is 25.6. The molecule has 6 rings (SSSR count). The molecule has 0 aliphatic rings. The molecule has 0 radical (unpaired) electrons. The van der Waals surface area contributed by atoms with Crippen molar-refractivity contribution in [3.8, 4) is 28.5 Å². The van der Waals surface area contributed by atoms with Gasteiger partial charge in [-0.2, -0.15) is 10.1 Å². The number of aryl methyl sites for hydroxylation is 3. The van der Waals surface area contributed by atoms with Crippen LogP contribution < -0.4 is 0 Å². The molecule has 8 nitrogen and oxygen atoms in total. The zero-order valence-electron chi connectivity index (χ0n) is 23.5. The molecule has 40 heavy (non-hydrogen) atoms. The predicted molar refractivity (Wildman–Crippen MR) is 153 cm³/mol. The van der Waals surface area contributed by atoms with Crippen LogP contribution in [0.2, 0.25) is 0 Å². The van der Waals surface area contributed by atoms with Gasteiger partial charge in [-0.1, -0.05) is 32.9 Å². The van der Waals surface area contributed by atoms with Gasteiger partial charge in [-0.3, -0.25) is 14.2 Å². The third-order valence-corrected chi connectivity index (χ3v) is 7.29. The molecular formula is C31H31FN8. The van der Waals surface area contributed by atoms with E-state index in [4.69, 9.17) is 20.2 Å². The highest BCUT2D eigenvalue weighted by atomic mass is 19.1. The highest BCUT2D eigenvalue weighted by Gasteiger charge is 2.29. The molecule has 0 aliphatic heterocycles. The number of hydrogen-bond donors (Lipinski definition) is 0. The summed E-state index contributed by atoms with van der Waals surface area (Å²) in [5.74, 6) is 0.387. The van der Waals surface area contributed by atoms with Gasteiger partial charge in [0, 0.05) is 40.5 Å². The summed E-state index contributed by atoms with van der Waals surface area (Å²) in [7, 11) is 0. The SMILES string of the molecule is Cc1c(-c2cncc(-c3cnn(C(c4ccc(F)cc4)C(C)(C)C)c3)n2)ccn2nc(-n3c(C)ccc3C)nc12. The van der Waals surface area contributed by atoms with Gasteiger partial charge in [0.25, 0.3) is 5.95 Å². The van der Waals surface area contributed by atoms with Gasteiger partial charge in [0.15, 0.2) is 5.65 Å². The molecule has 1 unspecified atom stereocenters. The topological polar surface area (TPSA) is 78.7 Å². The fraction of sp³-hybridized carbons (Fsp3) is 0.258. The summed E-state index contributed by atoms with van der Waals surface area (Å²) >= 11 is 0. The molecule has 9 heteroatoms. The maximum absolute atomic E-state index is 13.6. The second-order valence-electron chi connectivity index (χ2n) is 11.3. The quantitative estimate of drug-likeness (QED) is 0.251. The van der Waals surface area contributed by atoms with Crippen molar-refractivity contribution in [3.05, 3.63) is 102 Å². The molecule has 0 amide bonds. The van der Waals surface area contributed by atoms with Crippen LogP contribution in [0.15, 0.2) is 73.4 Å². The monoisotopic (exact) mass is 534 g/mol. The lowest BCUT2D eigenvalue weighted by molar-refractivity contribution is 0.265. The standard InChI is InChI=1S/C31H31FN8/c1-19-7-8-20(2)40(19)30-36-29-21(3)25(13-14-38(29)37-30)27-17-33-16-26(35-27)23-15-34-39(18-23)28(31(4,5)6)22-9-11-24(32)12-10-22/h7-18,28H,1-6H3. The zero-order chi connectivity index (χ0) is 28.2. The summed E-state index contributed by atoms with van der Waals surface area (Å²) in [5.41, 5.74) is 7.99. The molecule has 202 valence electrons. The first-order valence-electron chi connectivity index (χ1n) is 13.2. The number of halogens is 1. The molecule has 0 fully saturated rings. The van der Waals surface area contributed by atoms with Crippen molar-refractivity contribution in [2.75, 3.05) is 0 Å². The Morgan fingerprint density at radius 1 is 0.825 bits per heavy atom. The lowest BCUT2D eigenvalue weighted by Gasteiger charge is -2.31. The molecule has 0 saturated carbocycles. The van der Waals surface area contributed by atoms with Crippen LogP contribution >= 0.6 is 0 Å². The Kier molecular flexibility index (Phi) is 6.09. The van der Waals surface area contributed by atoms with Gasteiger partial charge in [-0.25, -0.2) is 13.9 Å². The average molecular weight is 535 g/mol. The highest BCUT2D eigenvalue weighted by molar-refractivity contribution is 5.71. The van der Waals surface area contributed by atoms with Gasteiger partial charge in [0.1, 0.15) is 5.82 Å². The Bertz CT molecular complexity index is 1820. The van der Waals surface area contributed by atoms with E-state index in [9.17, 15) is 4.39 Å². The largest absolute Gasteiger partial charge is 0.286 e. The second-order valence-corrected chi connectivity index (χ2v) is 11.3. The maximum Gasteiger partial charge on any atom is 0.254 e. The molecule has 1 aromatic carbocycles. The Labute approximate surface area is 232 Å². The maximum atomic E-state index is 13.6. The van der Waals surface area contributed by atoms with Crippen LogP contribution in [0.1, 0.15) is 49.3 Å². The Hall–Kier alpha value is -4.66. The van der Waals surface area contributed by atoms with Crippen molar-refractivity contribution < 1.29 is 4.39 Å². The molecule has 0 saturated heterocycles. The van der Waals surface area contributed by atoms with E-state index in [2.05, 4.69) is 37.9 Å². The van der Waals surface area contributed by atoms with Crippen molar-refractivity contribution in [1.29, 1.82) is 0 Å². The van der Waals surface area contributed by atoms with E-state index in [1.54, 1.807) is 23.1 Å². The zero-order valence-corrected chi connectivity index (χ0v) is 23.5. The molecule has 5 aromatic heterocycles. The van der Waals surface area contributed by atoms with E-state index < -0.39 is 0 Å². The van der Waals surface area contributed by atoms with Gasteiger partial charge in [-0.15, -0.1) is 5.10 Å². The number of aromatic nitrogens is 8. The minimum absolute atomic E-state index is 0.0858. The van der Waals surface area contributed by atoms with Gasteiger partial charge >= 0.3 is 0 Å². The van der Waals surface area contributed by atoms with Crippen molar-refractivity contribution >= 4 is 5.65 Å². The van der Waals surface area contributed by atoms with E-state index in [1.807, 2.05) is 60.6 Å². The summed E-state index contributed by atoms with van der Waals surface area (Å²) < 4.78 is 19.4. The van der Waals surface area contributed by atoms with Crippen molar-refractivity contribution in [1.82, 2.24) is 38.9 Å². The minimum atomic E-state index is -0.254. The third kappa shape index (κ3) is 4.47. The number of nitrogens with zero attached hydrogens (tertiary/aromatic N) is 8. The Morgan fingerprint density at radius 2 is 1.52 bits per heavy atom. The van der Waals surface area contributed by atoms with E-state index in [1.165, 1.54) is 12.1 Å². The summed E-state index contributed by atoms with van der Waals surface area (Å²) in [6.45, 7) is 12.6. The summed E-state index contributed by atoms with van der Waals surface area (Å²) in [6, 6.07) is 12.7. The van der Waals surface area contributed by atoms with Gasteiger partial charge in [0.05, 0.1) is 36.0 Å². The number of hydrogen-bond acceptors (Lipinski definition) is 5. The van der Waals surface area contributed by atoms with Crippen LogP contribution in [-0.4, -0.2) is 38.9 Å². The molecule has 0 N–H and O–H groups in total. The first-order valence-corrected chi connectivity index (χ1v) is 13.2. The number of benzene rings is 1. The smallest absolute Gasteiger partial charge is 0.254 e. The predicted octanol–water partition coefficient (Wildman–Crippen LogP) is 6.54. The summed E-state index contributed by atoms with van der Waals surface area (Å²) in [5, 5.41) is 9.40. The number of rotatable bonds is 5. The molecule has 0 bridgehead atoms. The fourth-order valence-corrected chi connectivity index (χ4v) is 5.36. The van der Waals surface area contributed by atoms with Gasteiger partial charge in [-0.05, 0) is 62.1 Å². The van der Waals surface area contributed by atoms with Gasteiger partial charge in [0.2, 0.25) is 0 Å². The van der Waals surface area contributed by atoms with E-state index in [0.717, 1.165) is 50.7 Å².